The van der Waals surface area contributed by atoms with E-state index in [0.717, 1.165) is 15.6 Å². The van der Waals surface area contributed by atoms with Crippen molar-refractivity contribution in [1.29, 1.82) is 0 Å². The molecule has 2 aromatic carbocycles. The average molecular weight is 382 g/mol. The monoisotopic (exact) mass is 380 g/mol. The number of nitrogens with one attached hydrogen (secondary N) is 1. The number of hydrogen-bond acceptors (Lipinski definition) is 3. The van der Waals surface area contributed by atoms with Crippen LogP contribution in [0, 0.1) is 6.92 Å². The molecule has 0 radical (unpaired) electrons. The van der Waals surface area contributed by atoms with Crippen molar-refractivity contribution < 1.29 is 9.53 Å². The highest BCUT2D eigenvalue weighted by molar-refractivity contribution is 9.10. The lowest BCUT2D eigenvalue weighted by molar-refractivity contribution is -0.123. The fraction of sp³-hybridized carbons (Fsp3) is 0.125. The summed E-state index contributed by atoms with van der Waals surface area (Å²) in [7, 11) is 0. The molecule has 0 aromatic heterocycles. The zero-order valence-electron chi connectivity index (χ0n) is 11.8. The molecule has 0 saturated heterocycles. The number of aryl methyl sites for hydroxylation is 1. The summed E-state index contributed by atoms with van der Waals surface area (Å²) in [6.07, 6.45) is 1.49. The number of hydrazone groups is 1. The standard InChI is InChI=1S/C16H14BrClN2O2/c1-11-6-7-15(13(17)8-11)22-10-16(21)20-19-9-12-4-2-3-5-14(12)18/h2-9H,10H2,1H3,(H,20,21)/b19-9+. The number of nitrogens with zero attached hydrogens (tertiary/aromatic N) is 1. The third kappa shape index (κ3) is 4.86. The van der Waals surface area contributed by atoms with E-state index in [1.807, 2.05) is 31.2 Å². The minimum absolute atomic E-state index is 0.123. The Kier molecular flexibility index (Phi) is 5.98. The number of rotatable bonds is 5. The summed E-state index contributed by atoms with van der Waals surface area (Å²) in [4.78, 5) is 11.7. The molecule has 1 amide bonds. The summed E-state index contributed by atoms with van der Waals surface area (Å²) in [6.45, 7) is 1.85. The zero-order chi connectivity index (χ0) is 15.9. The van der Waals surface area contributed by atoms with Gasteiger partial charge in [0.2, 0.25) is 0 Å². The second-order valence-electron chi connectivity index (χ2n) is 4.54. The molecule has 1 N–H and O–H groups in total. The maximum Gasteiger partial charge on any atom is 0.277 e. The largest absolute Gasteiger partial charge is 0.483 e. The van der Waals surface area contributed by atoms with Crippen LogP contribution in [0.25, 0.3) is 0 Å². The van der Waals surface area contributed by atoms with Crippen molar-refractivity contribution in [3.8, 4) is 5.75 Å². The molecule has 0 fully saturated rings. The molecule has 114 valence electrons. The van der Waals surface area contributed by atoms with Crippen LogP contribution < -0.4 is 10.2 Å². The molecule has 0 unspecified atom stereocenters. The van der Waals surface area contributed by atoms with Gasteiger partial charge in [-0.3, -0.25) is 4.79 Å². The van der Waals surface area contributed by atoms with Crippen LogP contribution >= 0.6 is 27.5 Å². The second kappa shape index (κ2) is 7.96. The molecule has 6 heteroatoms. The number of carbonyl (C=O) groups excluding carboxylic acids is 1. The SMILES string of the molecule is Cc1ccc(OCC(=O)N/N=C/c2ccccc2Cl)c(Br)c1. The molecule has 0 saturated carbocycles. The second-order valence-corrected chi connectivity index (χ2v) is 5.80. The number of carbonyl (C=O) groups is 1. The maximum atomic E-state index is 11.7. The van der Waals surface area contributed by atoms with Gasteiger partial charge in [0.1, 0.15) is 5.75 Å². The molecule has 0 atom stereocenters. The van der Waals surface area contributed by atoms with E-state index in [9.17, 15) is 4.79 Å². The van der Waals surface area contributed by atoms with Gasteiger partial charge in [-0.15, -0.1) is 0 Å². The molecule has 0 heterocycles. The molecule has 0 aliphatic carbocycles. The third-order valence-electron chi connectivity index (χ3n) is 2.74. The first-order valence-corrected chi connectivity index (χ1v) is 7.69. The van der Waals surface area contributed by atoms with Crippen LogP contribution in [0.15, 0.2) is 52.0 Å². The number of benzene rings is 2. The highest BCUT2D eigenvalue weighted by Gasteiger charge is 2.05. The maximum absolute atomic E-state index is 11.7. The first kappa shape index (κ1) is 16.5. The van der Waals surface area contributed by atoms with Gasteiger partial charge in [0.25, 0.3) is 5.91 Å². The van der Waals surface area contributed by atoms with Crippen LogP contribution in [-0.4, -0.2) is 18.7 Å². The predicted octanol–water partition coefficient (Wildman–Crippen LogP) is 3.94. The van der Waals surface area contributed by atoms with Crippen molar-refractivity contribution in [2.75, 3.05) is 6.61 Å². The summed E-state index contributed by atoms with van der Waals surface area (Å²) >= 11 is 9.36. The first-order valence-electron chi connectivity index (χ1n) is 6.51. The summed E-state index contributed by atoms with van der Waals surface area (Å²) < 4.78 is 6.23. The lowest BCUT2D eigenvalue weighted by Crippen LogP contribution is -2.24. The Bertz CT molecular complexity index is 704. The van der Waals surface area contributed by atoms with E-state index in [1.165, 1.54) is 6.21 Å². The van der Waals surface area contributed by atoms with E-state index < -0.39 is 0 Å². The fourth-order valence-electron chi connectivity index (χ4n) is 1.65. The predicted molar refractivity (Wildman–Crippen MR) is 91.6 cm³/mol. The van der Waals surface area contributed by atoms with E-state index in [0.29, 0.717) is 10.8 Å². The van der Waals surface area contributed by atoms with Crippen molar-refractivity contribution in [1.82, 2.24) is 5.43 Å². The fourth-order valence-corrected chi connectivity index (χ4v) is 2.44. The van der Waals surface area contributed by atoms with Gasteiger partial charge < -0.3 is 4.74 Å². The van der Waals surface area contributed by atoms with Crippen LogP contribution in [0.1, 0.15) is 11.1 Å². The summed E-state index contributed by atoms with van der Waals surface area (Å²) in [6, 6.07) is 12.9. The Morgan fingerprint density at radius 2 is 2.14 bits per heavy atom. The lowest BCUT2D eigenvalue weighted by Gasteiger charge is -2.07. The number of amides is 1. The molecule has 0 aliphatic rings. The normalized spacial score (nSPS) is 10.7. The van der Waals surface area contributed by atoms with Crippen molar-refractivity contribution in [3.63, 3.8) is 0 Å². The molecule has 0 bridgehead atoms. The quantitative estimate of drug-likeness (QED) is 0.630. The Morgan fingerprint density at radius 1 is 1.36 bits per heavy atom. The Morgan fingerprint density at radius 3 is 2.86 bits per heavy atom. The topological polar surface area (TPSA) is 50.7 Å². The Labute approximate surface area is 142 Å². The van der Waals surface area contributed by atoms with E-state index in [2.05, 4.69) is 26.5 Å². The van der Waals surface area contributed by atoms with E-state index in [1.54, 1.807) is 18.2 Å². The van der Waals surface area contributed by atoms with Crippen LogP contribution in [0.5, 0.6) is 5.75 Å². The van der Waals surface area contributed by atoms with Gasteiger partial charge in [-0.1, -0.05) is 35.9 Å². The van der Waals surface area contributed by atoms with Crippen LogP contribution in [0.3, 0.4) is 0 Å². The lowest BCUT2D eigenvalue weighted by atomic mass is 10.2. The van der Waals surface area contributed by atoms with Crippen LogP contribution in [0.2, 0.25) is 5.02 Å². The van der Waals surface area contributed by atoms with Crippen LogP contribution in [-0.2, 0) is 4.79 Å². The van der Waals surface area contributed by atoms with Gasteiger partial charge in [-0.2, -0.15) is 5.10 Å². The van der Waals surface area contributed by atoms with Crippen molar-refractivity contribution in [3.05, 3.63) is 63.1 Å². The van der Waals surface area contributed by atoms with Gasteiger partial charge in [-0.25, -0.2) is 5.43 Å². The average Bonchev–Trinajstić information content (AvgIpc) is 2.48. The van der Waals surface area contributed by atoms with Gasteiger partial charge in [0, 0.05) is 10.6 Å². The van der Waals surface area contributed by atoms with Crippen molar-refractivity contribution >= 4 is 39.7 Å². The summed E-state index contributed by atoms with van der Waals surface area (Å²) in [5.74, 6) is 0.256. The molecule has 22 heavy (non-hydrogen) atoms. The number of ether oxygens (including phenoxy) is 1. The molecule has 0 aliphatic heterocycles. The number of hydrogen-bond donors (Lipinski definition) is 1. The Hall–Kier alpha value is -1.85. The third-order valence-corrected chi connectivity index (χ3v) is 3.71. The van der Waals surface area contributed by atoms with Crippen molar-refractivity contribution in [2.24, 2.45) is 5.10 Å². The Balaban J connectivity index is 1.84. The minimum Gasteiger partial charge on any atom is -0.483 e. The molecule has 4 nitrogen and oxygen atoms in total. The van der Waals surface area contributed by atoms with Gasteiger partial charge in [0.05, 0.1) is 10.7 Å². The van der Waals surface area contributed by atoms with Crippen molar-refractivity contribution in [2.45, 2.75) is 6.92 Å². The molecule has 0 spiro atoms. The highest BCUT2D eigenvalue weighted by Crippen LogP contribution is 2.25. The summed E-state index contributed by atoms with van der Waals surface area (Å²) in [5.41, 5.74) is 4.22. The van der Waals surface area contributed by atoms with Gasteiger partial charge in [-0.05, 0) is 46.6 Å². The molecular formula is C16H14BrClN2O2. The van der Waals surface area contributed by atoms with E-state index >= 15 is 0 Å². The highest BCUT2D eigenvalue weighted by atomic mass is 79.9. The molecular weight excluding hydrogens is 368 g/mol. The minimum atomic E-state index is -0.351. The molecule has 2 aromatic rings. The van der Waals surface area contributed by atoms with E-state index in [-0.39, 0.29) is 12.5 Å². The van der Waals surface area contributed by atoms with Gasteiger partial charge >= 0.3 is 0 Å². The number of halogens is 2. The van der Waals surface area contributed by atoms with E-state index in [4.69, 9.17) is 16.3 Å². The smallest absolute Gasteiger partial charge is 0.277 e. The van der Waals surface area contributed by atoms with Crippen LogP contribution in [0.4, 0.5) is 0 Å². The van der Waals surface area contributed by atoms with Gasteiger partial charge in [0.15, 0.2) is 6.61 Å². The summed E-state index contributed by atoms with van der Waals surface area (Å²) in [5, 5.41) is 4.42. The molecule has 2 rings (SSSR count). The zero-order valence-corrected chi connectivity index (χ0v) is 14.2. The first-order chi connectivity index (χ1) is 10.6.